The molecule has 1 fully saturated rings. The van der Waals surface area contributed by atoms with Crippen molar-refractivity contribution in [3.63, 3.8) is 0 Å². The molecular formula is C11H24N2O. The van der Waals surface area contributed by atoms with Gasteiger partial charge in [-0.25, -0.2) is 0 Å². The van der Waals surface area contributed by atoms with Crippen LogP contribution < -0.4 is 5.73 Å². The molecule has 3 heteroatoms. The van der Waals surface area contributed by atoms with Crippen LogP contribution in [0.5, 0.6) is 0 Å². The molecule has 0 aromatic rings. The molecule has 1 rings (SSSR count). The molecule has 0 radical (unpaired) electrons. The van der Waals surface area contributed by atoms with Gasteiger partial charge < -0.3 is 15.7 Å². The van der Waals surface area contributed by atoms with Gasteiger partial charge in [-0.15, -0.1) is 0 Å². The lowest BCUT2D eigenvalue weighted by atomic mass is 9.92. The maximum atomic E-state index is 9.37. The van der Waals surface area contributed by atoms with Crippen LogP contribution in [0, 0.1) is 11.8 Å². The smallest absolute Gasteiger partial charge is 0.0674 e. The van der Waals surface area contributed by atoms with Crippen molar-refractivity contribution < 1.29 is 5.11 Å². The number of nitrogens with two attached hydrogens (primary N) is 1. The van der Waals surface area contributed by atoms with E-state index in [4.69, 9.17) is 5.73 Å². The fourth-order valence-electron chi connectivity index (χ4n) is 2.42. The molecular weight excluding hydrogens is 176 g/mol. The summed E-state index contributed by atoms with van der Waals surface area (Å²) in [5.41, 5.74) is 5.37. The Bertz CT molecular complexity index is 153. The van der Waals surface area contributed by atoms with Gasteiger partial charge in [0.05, 0.1) is 6.10 Å². The van der Waals surface area contributed by atoms with Crippen molar-refractivity contribution in [2.75, 3.05) is 26.2 Å². The van der Waals surface area contributed by atoms with E-state index in [2.05, 4.69) is 18.7 Å². The zero-order valence-electron chi connectivity index (χ0n) is 9.45. The maximum absolute atomic E-state index is 9.37. The fraction of sp³-hybridized carbons (Fsp3) is 1.00. The molecule has 14 heavy (non-hydrogen) atoms. The van der Waals surface area contributed by atoms with Gasteiger partial charge in [0.15, 0.2) is 0 Å². The molecule has 0 aliphatic carbocycles. The van der Waals surface area contributed by atoms with Crippen molar-refractivity contribution in [3.05, 3.63) is 0 Å². The van der Waals surface area contributed by atoms with Crippen molar-refractivity contribution in [3.8, 4) is 0 Å². The second-order valence-corrected chi connectivity index (χ2v) is 4.88. The Balaban J connectivity index is 2.23. The fourth-order valence-corrected chi connectivity index (χ4v) is 2.42. The van der Waals surface area contributed by atoms with Gasteiger partial charge in [-0.1, -0.05) is 13.8 Å². The largest absolute Gasteiger partial charge is 0.392 e. The molecule has 0 aromatic carbocycles. The van der Waals surface area contributed by atoms with E-state index in [-0.39, 0.29) is 6.10 Å². The quantitative estimate of drug-likeness (QED) is 0.701. The number of hydrogen-bond acceptors (Lipinski definition) is 3. The second kappa shape index (κ2) is 5.69. The monoisotopic (exact) mass is 200 g/mol. The van der Waals surface area contributed by atoms with Crippen LogP contribution >= 0.6 is 0 Å². The molecule has 0 saturated carbocycles. The minimum absolute atomic E-state index is 0.317. The van der Waals surface area contributed by atoms with E-state index in [0.717, 1.165) is 24.8 Å². The third kappa shape index (κ3) is 3.95. The minimum Gasteiger partial charge on any atom is -0.392 e. The van der Waals surface area contributed by atoms with Crippen molar-refractivity contribution in [2.24, 2.45) is 17.6 Å². The van der Waals surface area contributed by atoms with Crippen LogP contribution in [0.3, 0.4) is 0 Å². The van der Waals surface area contributed by atoms with Crippen molar-refractivity contribution in [1.82, 2.24) is 4.90 Å². The lowest BCUT2D eigenvalue weighted by Gasteiger charge is -2.35. The van der Waals surface area contributed by atoms with E-state index in [1.807, 2.05) is 0 Å². The van der Waals surface area contributed by atoms with Crippen LogP contribution in [0.25, 0.3) is 0 Å². The number of rotatable bonds is 4. The Morgan fingerprint density at radius 1 is 1.36 bits per heavy atom. The molecule has 1 heterocycles. The molecule has 0 bridgehead atoms. The molecule has 3 N–H and O–H groups in total. The van der Waals surface area contributed by atoms with Crippen molar-refractivity contribution in [2.45, 2.75) is 32.8 Å². The van der Waals surface area contributed by atoms with Gasteiger partial charge in [0, 0.05) is 26.2 Å². The highest BCUT2D eigenvalue weighted by Crippen LogP contribution is 2.20. The van der Waals surface area contributed by atoms with E-state index in [9.17, 15) is 5.11 Å². The Kier molecular flexibility index (Phi) is 4.85. The topological polar surface area (TPSA) is 49.5 Å². The second-order valence-electron chi connectivity index (χ2n) is 4.88. The van der Waals surface area contributed by atoms with E-state index < -0.39 is 0 Å². The molecule has 0 aromatic heterocycles. The van der Waals surface area contributed by atoms with Crippen LogP contribution in [0.1, 0.15) is 26.7 Å². The zero-order chi connectivity index (χ0) is 10.6. The van der Waals surface area contributed by atoms with Crippen LogP contribution in [0.4, 0.5) is 0 Å². The standard InChI is InChI=1S/C11H24N2O/c1-9-5-10(2)8-13(7-9)4-3-11(14)6-12/h9-11,14H,3-8,12H2,1-2H3. The van der Waals surface area contributed by atoms with Crippen molar-refractivity contribution >= 4 is 0 Å². The third-order valence-corrected chi connectivity index (χ3v) is 3.00. The number of aliphatic hydroxyl groups is 1. The highest BCUT2D eigenvalue weighted by atomic mass is 16.3. The molecule has 0 spiro atoms. The molecule has 1 saturated heterocycles. The lowest BCUT2D eigenvalue weighted by Crippen LogP contribution is -2.40. The summed E-state index contributed by atoms with van der Waals surface area (Å²) >= 11 is 0. The predicted molar refractivity (Wildman–Crippen MR) is 59.1 cm³/mol. The van der Waals surface area contributed by atoms with Crippen LogP contribution in [-0.2, 0) is 0 Å². The van der Waals surface area contributed by atoms with Gasteiger partial charge in [-0.05, 0) is 24.7 Å². The summed E-state index contributed by atoms with van der Waals surface area (Å²) in [6.45, 7) is 8.36. The molecule has 1 aliphatic heterocycles. The van der Waals surface area contributed by atoms with E-state index in [1.54, 1.807) is 0 Å². The van der Waals surface area contributed by atoms with Gasteiger partial charge in [0.1, 0.15) is 0 Å². The van der Waals surface area contributed by atoms with E-state index in [1.165, 1.54) is 19.5 Å². The summed E-state index contributed by atoms with van der Waals surface area (Å²) in [5, 5.41) is 9.37. The normalized spacial score (nSPS) is 31.7. The van der Waals surface area contributed by atoms with E-state index >= 15 is 0 Å². The van der Waals surface area contributed by atoms with Crippen molar-refractivity contribution in [1.29, 1.82) is 0 Å². The van der Waals surface area contributed by atoms with Crippen LogP contribution in [-0.4, -0.2) is 42.3 Å². The highest BCUT2D eigenvalue weighted by Gasteiger charge is 2.21. The van der Waals surface area contributed by atoms with Gasteiger partial charge in [0.25, 0.3) is 0 Å². The zero-order valence-corrected chi connectivity index (χ0v) is 9.45. The summed E-state index contributed by atoms with van der Waals surface area (Å²) in [4.78, 5) is 2.46. The van der Waals surface area contributed by atoms with Gasteiger partial charge in [-0.3, -0.25) is 0 Å². The van der Waals surface area contributed by atoms with Crippen LogP contribution in [0.15, 0.2) is 0 Å². The highest BCUT2D eigenvalue weighted by molar-refractivity contribution is 4.75. The summed E-state index contributed by atoms with van der Waals surface area (Å²) in [5.74, 6) is 1.60. The lowest BCUT2D eigenvalue weighted by molar-refractivity contribution is 0.106. The molecule has 0 amide bonds. The summed E-state index contributed by atoms with van der Waals surface area (Å²) in [6, 6.07) is 0. The maximum Gasteiger partial charge on any atom is 0.0674 e. The molecule has 3 nitrogen and oxygen atoms in total. The Hall–Kier alpha value is -0.120. The average molecular weight is 200 g/mol. The number of aliphatic hydroxyl groups excluding tert-OH is 1. The summed E-state index contributed by atoms with van der Waals surface area (Å²) in [7, 11) is 0. The average Bonchev–Trinajstić information content (AvgIpc) is 2.12. The summed E-state index contributed by atoms with van der Waals surface area (Å²) < 4.78 is 0. The SMILES string of the molecule is CC1CC(C)CN(CCC(O)CN)C1. The predicted octanol–water partition coefficient (Wildman–Crippen LogP) is 0.674. The first-order chi connectivity index (χ1) is 6.61. The Labute approximate surface area is 87.3 Å². The van der Waals surface area contributed by atoms with Gasteiger partial charge in [0.2, 0.25) is 0 Å². The number of hydrogen-bond donors (Lipinski definition) is 2. The third-order valence-electron chi connectivity index (χ3n) is 3.00. The first-order valence-electron chi connectivity index (χ1n) is 5.72. The summed E-state index contributed by atoms with van der Waals surface area (Å²) in [6.07, 6.45) is 1.84. The number of likely N-dealkylation sites (tertiary alicyclic amines) is 1. The molecule has 1 aliphatic rings. The number of piperidine rings is 1. The minimum atomic E-state index is -0.317. The Morgan fingerprint density at radius 3 is 2.43 bits per heavy atom. The first-order valence-corrected chi connectivity index (χ1v) is 5.72. The van der Waals surface area contributed by atoms with Gasteiger partial charge >= 0.3 is 0 Å². The van der Waals surface area contributed by atoms with E-state index in [0.29, 0.717) is 6.54 Å². The first kappa shape index (κ1) is 12.0. The Morgan fingerprint density at radius 2 is 1.93 bits per heavy atom. The van der Waals surface area contributed by atoms with Crippen LogP contribution in [0.2, 0.25) is 0 Å². The number of nitrogens with zero attached hydrogens (tertiary/aromatic N) is 1. The molecule has 3 unspecified atom stereocenters. The molecule has 3 atom stereocenters. The van der Waals surface area contributed by atoms with Gasteiger partial charge in [-0.2, -0.15) is 0 Å². The molecule has 84 valence electrons.